The second kappa shape index (κ2) is 1.45. The molecule has 2 nitrogen and oxygen atoms in total. The summed E-state index contributed by atoms with van der Waals surface area (Å²) < 4.78 is 10.3. The highest BCUT2D eigenvalue weighted by Gasteiger charge is 2.47. The van der Waals surface area contributed by atoms with Crippen LogP contribution in [0.5, 0.6) is 0 Å². The maximum absolute atomic E-state index is 5.20. The molecular weight excluding hydrogens is 104 g/mol. The molecular formula is C6H10O2. The Kier molecular flexibility index (Phi) is 0.866. The summed E-state index contributed by atoms with van der Waals surface area (Å²) in [6, 6.07) is 0. The van der Waals surface area contributed by atoms with Gasteiger partial charge in [-0.3, -0.25) is 0 Å². The highest BCUT2D eigenvalue weighted by molar-refractivity contribution is 4.96. The number of methoxy groups -OCH3 is 1. The van der Waals surface area contributed by atoms with E-state index in [4.69, 9.17) is 9.47 Å². The molecule has 1 aliphatic heterocycles. The lowest BCUT2D eigenvalue weighted by molar-refractivity contribution is 0.0745. The van der Waals surface area contributed by atoms with E-state index in [0.717, 1.165) is 12.8 Å². The second-order valence-corrected chi connectivity index (χ2v) is 2.54. The third-order valence-electron chi connectivity index (χ3n) is 2.01. The predicted octanol–water partition coefficient (Wildman–Crippen LogP) is 0.563. The van der Waals surface area contributed by atoms with Gasteiger partial charge in [-0.05, 0) is 0 Å². The average molecular weight is 114 g/mol. The largest absolute Gasteiger partial charge is 0.381 e. The van der Waals surface area contributed by atoms with Gasteiger partial charge in [-0.15, -0.1) is 0 Å². The van der Waals surface area contributed by atoms with Gasteiger partial charge in [0, 0.05) is 20.0 Å². The second-order valence-electron chi connectivity index (χ2n) is 2.54. The lowest BCUT2D eigenvalue weighted by atomic mass is 10.3. The fourth-order valence-electron chi connectivity index (χ4n) is 1.40. The highest BCUT2D eigenvalue weighted by Crippen LogP contribution is 2.39. The van der Waals surface area contributed by atoms with Gasteiger partial charge in [0.1, 0.15) is 0 Å². The predicted molar refractivity (Wildman–Crippen MR) is 28.7 cm³/mol. The number of ether oxygens (including phenoxy) is 2. The average Bonchev–Trinajstić information content (AvgIpc) is 2.40. The Morgan fingerprint density at radius 3 is 2.38 bits per heavy atom. The zero-order valence-electron chi connectivity index (χ0n) is 4.96. The van der Waals surface area contributed by atoms with E-state index >= 15 is 0 Å². The monoisotopic (exact) mass is 114 g/mol. The van der Waals surface area contributed by atoms with Crippen LogP contribution in [-0.2, 0) is 9.47 Å². The molecule has 1 heterocycles. The molecule has 1 saturated heterocycles. The summed E-state index contributed by atoms with van der Waals surface area (Å²) in [6.07, 6.45) is 3.89. The molecule has 0 aromatic rings. The first-order valence-corrected chi connectivity index (χ1v) is 3.08. The summed E-state index contributed by atoms with van der Waals surface area (Å²) in [7, 11) is 1.77. The summed E-state index contributed by atoms with van der Waals surface area (Å²) in [4.78, 5) is 0. The van der Waals surface area contributed by atoms with Crippen molar-refractivity contribution in [3.05, 3.63) is 0 Å². The highest BCUT2D eigenvalue weighted by atomic mass is 16.6. The first-order valence-electron chi connectivity index (χ1n) is 3.08. The van der Waals surface area contributed by atoms with Crippen LogP contribution in [0.25, 0.3) is 0 Å². The van der Waals surface area contributed by atoms with Crippen LogP contribution in [0.4, 0.5) is 0 Å². The Bertz CT molecular complexity index is 92.7. The smallest absolute Gasteiger partial charge is 0.0867 e. The molecule has 0 aromatic carbocycles. The van der Waals surface area contributed by atoms with E-state index in [1.807, 2.05) is 0 Å². The van der Waals surface area contributed by atoms with Crippen LogP contribution in [0.3, 0.4) is 0 Å². The minimum absolute atomic E-state index is 0.499. The van der Waals surface area contributed by atoms with Crippen molar-refractivity contribution in [1.82, 2.24) is 0 Å². The van der Waals surface area contributed by atoms with Crippen molar-refractivity contribution in [2.45, 2.75) is 31.2 Å². The van der Waals surface area contributed by atoms with Crippen LogP contribution in [0.2, 0.25) is 0 Å². The first-order chi connectivity index (χ1) is 3.90. The van der Waals surface area contributed by atoms with E-state index in [2.05, 4.69) is 0 Å². The maximum atomic E-state index is 5.20. The molecule has 0 spiro atoms. The van der Waals surface area contributed by atoms with E-state index in [0.29, 0.717) is 18.3 Å². The quantitative estimate of drug-likeness (QED) is 0.465. The molecule has 1 aliphatic carbocycles. The lowest BCUT2D eigenvalue weighted by Gasteiger charge is -2.06. The van der Waals surface area contributed by atoms with Crippen LogP contribution < -0.4 is 0 Å². The molecule has 0 N–H and O–H groups in total. The van der Waals surface area contributed by atoms with Crippen LogP contribution in [0.15, 0.2) is 0 Å². The molecule has 8 heavy (non-hydrogen) atoms. The standard InChI is InChI=1S/C6H10O2/c1-7-4-2-5-6(3-4)8-5/h4-6H,2-3H2,1H3. The Balaban J connectivity index is 1.89. The molecule has 2 heteroatoms. The van der Waals surface area contributed by atoms with Gasteiger partial charge >= 0.3 is 0 Å². The van der Waals surface area contributed by atoms with Gasteiger partial charge < -0.3 is 9.47 Å². The topological polar surface area (TPSA) is 21.8 Å². The number of rotatable bonds is 1. The van der Waals surface area contributed by atoms with Gasteiger partial charge in [0.05, 0.1) is 18.3 Å². The molecule has 2 atom stereocenters. The fraction of sp³-hybridized carbons (Fsp3) is 1.00. The minimum atomic E-state index is 0.499. The Labute approximate surface area is 48.8 Å². The summed E-state index contributed by atoms with van der Waals surface area (Å²) in [5.74, 6) is 0. The van der Waals surface area contributed by atoms with Crippen LogP contribution >= 0.6 is 0 Å². The van der Waals surface area contributed by atoms with Crippen molar-refractivity contribution in [2.24, 2.45) is 0 Å². The zero-order valence-corrected chi connectivity index (χ0v) is 4.96. The maximum Gasteiger partial charge on any atom is 0.0867 e. The third-order valence-corrected chi connectivity index (χ3v) is 2.01. The van der Waals surface area contributed by atoms with E-state index in [1.165, 1.54) is 0 Å². The normalized spacial score (nSPS) is 51.4. The fourth-order valence-corrected chi connectivity index (χ4v) is 1.40. The van der Waals surface area contributed by atoms with Gasteiger partial charge in [0.2, 0.25) is 0 Å². The summed E-state index contributed by atoms with van der Waals surface area (Å²) in [5.41, 5.74) is 0. The molecule has 1 saturated carbocycles. The van der Waals surface area contributed by atoms with Crippen molar-refractivity contribution in [3.63, 3.8) is 0 Å². The van der Waals surface area contributed by atoms with E-state index in [1.54, 1.807) is 7.11 Å². The molecule has 2 unspecified atom stereocenters. The first kappa shape index (κ1) is 4.77. The van der Waals surface area contributed by atoms with E-state index < -0.39 is 0 Å². The van der Waals surface area contributed by atoms with Crippen molar-refractivity contribution in [1.29, 1.82) is 0 Å². The molecule has 0 radical (unpaired) electrons. The molecule has 2 fully saturated rings. The minimum Gasteiger partial charge on any atom is -0.381 e. The Morgan fingerprint density at radius 2 is 2.00 bits per heavy atom. The Morgan fingerprint density at radius 1 is 1.38 bits per heavy atom. The van der Waals surface area contributed by atoms with E-state index in [9.17, 15) is 0 Å². The van der Waals surface area contributed by atoms with E-state index in [-0.39, 0.29) is 0 Å². The van der Waals surface area contributed by atoms with Crippen molar-refractivity contribution in [3.8, 4) is 0 Å². The van der Waals surface area contributed by atoms with Gasteiger partial charge in [-0.1, -0.05) is 0 Å². The third kappa shape index (κ3) is 0.565. The van der Waals surface area contributed by atoms with Crippen LogP contribution in [0, 0.1) is 0 Å². The zero-order chi connectivity index (χ0) is 5.56. The molecule has 0 amide bonds. The van der Waals surface area contributed by atoms with Crippen LogP contribution in [0.1, 0.15) is 12.8 Å². The number of fused-ring (bicyclic) bond motifs is 1. The van der Waals surface area contributed by atoms with Crippen molar-refractivity contribution < 1.29 is 9.47 Å². The SMILES string of the molecule is COC1CC2OC2C1. The Hall–Kier alpha value is -0.0800. The summed E-state index contributed by atoms with van der Waals surface area (Å²) in [6.45, 7) is 0. The summed E-state index contributed by atoms with van der Waals surface area (Å²) in [5, 5.41) is 0. The van der Waals surface area contributed by atoms with Gasteiger partial charge in [0.15, 0.2) is 0 Å². The molecule has 0 aromatic heterocycles. The molecule has 2 aliphatic rings. The summed E-state index contributed by atoms with van der Waals surface area (Å²) >= 11 is 0. The molecule has 0 bridgehead atoms. The van der Waals surface area contributed by atoms with Crippen molar-refractivity contribution in [2.75, 3.05) is 7.11 Å². The molecule has 2 rings (SSSR count). The van der Waals surface area contributed by atoms with Gasteiger partial charge in [-0.25, -0.2) is 0 Å². The van der Waals surface area contributed by atoms with Gasteiger partial charge in [0.25, 0.3) is 0 Å². The van der Waals surface area contributed by atoms with Crippen molar-refractivity contribution >= 4 is 0 Å². The van der Waals surface area contributed by atoms with Gasteiger partial charge in [-0.2, -0.15) is 0 Å². The number of hydrogen-bond donors (Lipinski definition) is 0. The number of epoxide rings is 1. The lowest BCUT2D eigenvalue weighted by Crippen LogP contribution is -2.07. The number of hydrogen-bond acceptors (Lipinski definition) is 2. The van der Waals surface area contributed by atoms with Crippen LogP contribution in [-0.4, -0.2) is 25.4 Å². The molecule has 46 valence electrons.